The van der Waals surface area contributed by atoms with E-state index < -0.39 is 0 Å². The molecule has 0 aliphatic rings. The summed E-state index contributed by atoms with van der Waals surface area (Å²) < 4.78 is 0. The molecule has 1 N–H and O–H groups in total. The van der Waals surface area contributed by atoms with Crippen molar-refractivity contribution in [1.29, 1.82) is 0 Å². The standard InChI is InChI=1S/C14H18N2/c1-4-10(2)12-5-7-13(8-6-12)14-9-15-11(3)16-14/h5-10H,4H2,1-3H3,(H,15,16). The van der Waals surface area contributed by atoms with Crippen LogP contribution < -0.4 is 0 Å². The summed E-state index contributed by atoms with van der Waals surface area (Å²) in [7, 11) is 0. The number of aromatic nitrogens is 2. The molecule has 0 saturated carbocycles. The van der Waals surface area contributed by atoms with Gasteiger partial charge < -0.3 is 4.98 Å². The topological polar surface area (TPSA) is 28.7 Å². The lowest BCUT2D eigenvalue weighted by Crippen LogP contribution is -1.90. The lowest BCUT2D eigenvalue weighted by Gasteiger charge is -2.09. The number of nitrogens with zero attached hydrogens (tertiary/aromatic N) is 1. The average molecular weight is 214 g/mol. The van der Waals surface area contributed by atoms with Crippen molar-refractivity contribution in [2.45, 2.75) is 33.1 Å². The Labute approximate surface area is 96.7 Å². The van der Waals surface area contributed by atoms with Crippen LogP contribution in [0.1, 0.15) is 37.6 Å². The van der Waals surface area contributed by atoms with Crippen LogP contribution in [0.15, 0.2) is 30.5 Å². The van der Waals surface area contributed by atoms with Gasteiger partial charge in [0, 0.05) is 0 Å². The molecule has 0 spiro atoms. The molecule has 0 bridgehead atoms. The second-order valence-electron chi connectivity index (χ2n) is 4.31. The molecule has 0 radical (unpaired) electrons. The van der Waals surface area contributed by atoms with Crippen LogP contribution in [0.25, 0.3) is 11.3 Å². The van der Waals surface area contributed by atoms with Crippen LogP contribution in [-0.4, -0.2) is 9.97 Å². The van der Waals surface area contributed by atoms with E-state index >= 15 is 0 Å². The number of nitrogens with one attached hydrogen (secondary N) is 1. The third-order valence-corrected chi connectivity index (χ3v) is 3.11. The fourth-order valence-electron chi connectivity index (χ4n) is 1.79. The lowest BCUT2D eigenvalue weighted by molar-refractivity contribution is 0.734. The Morgan fingerprint density at radius 1 is 1.25 bits per heavy atom. The van der Waals surface area contributed by atoms with Gasteiger partial charge in [-0.2, -0.15) is 0 Å². The Balaban J connectivity index is 2.25. The van der Waals surface area contributed by atoms with Crippen LogP contribution in [-0.2, 0) is 0 Å². The van der Waals surface area contributed by atoms with E-state index in [2.05, 4.69) is 48.1 Å². The summed E-state index contributed by atoms with van der Waals surface area (Å²) in [4.78, 5) is 7.46. The molecule has 0 saturated heterocycles. The first-order valence-corrected chi connectivity index (χ1v) is 5.82. The number of benzene rings is 1. The highest BCUT2D eigenvalue weighted by Crippen LogP contribution is 2.22. The van der Waals surface area contributed by atoms with Gasteiger partial charge >= 0.3 is 0 Å². The van der Waals surface area contributed by atoms with Crippen molar-refractivity contribution in [2.24, 2.45) is 0 Å². The zero-order valence-electron chi connectivity index (χ0n) is 10.1. The maximum absolute atomic E-state index is 4.21. The van der Waals surface area contributed by atoms with Crippen molar-refractivity contribution in [3.63, 3.8) is 0 Å². The summed E-state index contributed by atoms with van der Waals surface area (Å²) in [6.45, 7) is 6.45. The van der Waals surface area contributed by atoms with E-state index in [4.69, 9.17) is 0 Å². The van der Waals surface area contributed by atoms with Crippen LogP contribution in [0, 0.1) is 6.92 Å². The largest absolute Gasteiger partial charge is 0.342 e. The molecule has 2 rings (SSSR count). The minimum atomic E-state index is 0.637. The molecular formula is C14H18N2. The van der Waals surface area contributed by atoms with Crippen molar-refractivity contribution >= 4 is 0 Å². The first-order chi connectivity index (χ1) is 7.70. The fraction of sp³-hybridized carbons (Fsp3) is 0.357. The number of aryl methyl sites for hydroxylation is 1. The van der Waals surface area contributed by atoms with Gasteiger partial charge in [0.1, 0.15) is 5.82 Å². The molecule has 1 aromatic heterocycles. The minimum Gasteiger partial charge on any atom is -0.342 e. The van der Waals surface area contributed by atoms with Gasteiger partial charge in [-0.05, 0) is 30.4 Å². The highest BCUT2D eigenvalue weighted by atomic mass is 14.9. The smallest absolute Gasteiger partial charge is 0.103 e. The lowest BCUT2D eigenvalue weighted by atomic mass is 9.97. The van der Waals surface area contributed by atoms with Crippen LogP contribution >= 0.6 is 0 Å². The molecule has 0 aliphatic carbocycles. The third kappa shape index (κ3) is 2.16. The van der Waals surface area contributed by atoms with E-state index in [1.807, 2.05) is 13.1 Å². The van der Waals surface area contributed by atoms with E-state index in [9.17, 15) is 0 Å². The minimum absolute atomic E-state index is 0.637. The molecule has 0 amide bonds. The molecule has 84 valence electrons. The van der Waals surface area contributed by atoms with E-state index in [1.54, 1.807) is 0 Å². The SMILES string of the molecule is CCC(C)c1ccc(-c2cnc(C)[nH]2)cc1. The molecule has 1 atom stereocenters. The maximum Gasteiger partial charge on any atom is 0.103 e. The van der Waals surface area contributed by atoms with Gasteiger partial charge in [0.2, 0.25) is 0 Å². The van der Waals surface area contributed by atoms with Gasteiger partial charge in [-0.3, -0.25) is 0 Å². The predicted molar refractivity (Wildman–Crippen MR) is 67.5 cm³/mol. The molecule has 1 unspecified atom stereocenters. The Morgan fingerprint density at radius 3 is 2.44 bits per heavy atom. The molecule has 2 nitrogen and oxygen atoms in total. The number of hydrogen-bond acceptors (Lipinski definition) is 1. The van der Waals surface area contributed by atoms with Crippen molar-refractivity contribution in [3.05, 3.63) is 41.9 Å². The van der Waals surface area contributed by atoms with E-state index in [0.717, 1.165) is 11.5 Å². The summed E-state index contributed by atoms with van der Waals surface area (Å²) in [5, 5.41) is 0. The molecule has 16 heavy (non-hydrogen) atoms. The summed E-state index contributed by atoms with van der Waals surface area (Å²) in [6.07, 6.45) is 3.07. The predicted octanol–water partition coefficient (Wildman–Crippen LogP) is 3.90. The highest BCUT2D eigenvalue weighted by molar-refractivity contribution is 5.58. The van der Waals surface area contributed by atoms with E-state index in [1.165, 1.54) is 17.5 Å². The molecule has 2 aromatic rings. The Kier molecular flexibility index (Phi) is 3.09. The van der Waals surface area contributed by atoms with E-state index in [0.29, 0.717) is 5.92 Å². The van der Waals surface area contributed by atoms with Gasteiger partial charge in [0.05, 0.1) is 11.9 Å². The van der Waals surface area contributed by atoms with Gasteiger partial charge in [0.15, 0.2) is 0 Å². The highest BCUT2D eigenvalue weighted by Gasteiger charge is 2.04. The summed E-state index contributed by atoms with van der Waals surface area (Å²) in [5.41, 5.74) is 3.70. The van der Waals surface area contributed by atoms with Crippen molar-refractivity contribution in [2.75, 3.05) is 0 Å². The monoisotopic (exact) mass is 214 g/mol. The zero-order chi connectivity index (χ0) is 11.5. The number of aromatic amines is 1. The van der Waals surface area contributed by atoms with Gasteiger partial charge in [0.25, 0.3) is 0 Å². The maximum atomic E-state index is 4.21. The molecule has 1 heterocycles. The first-order valence-electron chi connectivity index (χ1n) is 5.82. The quantitative estimate of drug-likeness (QED) is 0.824. The fourth-order valence-corrected chi connectivity index (χ4v) is 1.79. The molecule has 0 fully saturated rings. The number of hydrogen-bond donors (Lipinski definition) is 1. The molecular weight excluding hydrogens is 196 g/mol. The number of rotatable bonds is 3. The first kappa shape index (κ1) is 10.9. The van der Waals surface area contributed by atoms with E-state index in [-0.39, 0.29) is 0 Å². The summed E-state index contributed by atoms with van der Waals surface area (Å²) in [6, 6.07) is 8.74. The Bertz CT molecular complexity index is 454. The summed E-state index contributed by atoms with van der Waals surface area (Å²) in [5.74, 6) is 1.60. The van der Waals surface area contributed by atoms with Gasteiger partial charge in [-0.1, -0.05) is 38.1 Å². The number of imidazole rings is 1. The second-order valence-corrected chi connectivity index (χ2v) is 4.31. The van der Waals surface area contributed by atoms with Crippen LogP contribution in [0.2, 0.25) is 0 Å². The summed E-state index contributed by atoms with van der Waals surface area (Å²) >= 11 is 0. The van der Waals surface area contributed by atoms with Crippen LogP contribution in [0.5, 0.6) is 0 Å². The van der Waals surface area contributed by atoms with Gasteiger partial charge in [-0.15, -0.1) is 0 Å². The third-order valence-electron chi connectivity index (χ3n) is 3.11. The Hall–Kier alpha value is -1.57. The zero-order valence-corrected chi connectivity index (χ0v) is 10.1. The van der Waals surface area contributed by atoms with Gasteiger partial charge in [-0.25, -0.2) is 4.98 Å². The molecule has 0 aliphatic heterocycles. The van der Waals surface area contributed by atoms with Crippen LogP contribution in [0.3, 0.4) is 0 Å². The average Bonchev–Trinajstić information content (AvgIpc) is 2.75. The normalized spacial score (nSPS) is 12.7. The van der Waals surface area contributed by atoms with Crippen molar-refractivity contribution < 1.29 is 0 Å². The van der Waals surface area contributed by atoms with Crippen LogP contribution in [0.4, 0.5) is 0 Å². The Morgan fingerprint density at radius 2 is 1.94 bits per heavy atom. The number of H-pyrrole nitrogens is 1. The van der Waals surface area contributed by atoms with Crippen molar-refractivity contribution in [3.8, 4) is 11.3 Å². The van der Waals surface area contributed by atoms with Crippen molar-refractivity contribution in [1.82, 2.24) is 9.97 Å². The molecule has 1 aromatic carbocycles. The second kappa shape index (κ2) is 4.52. The molecule has 2 heteroatoms.